The average molecular weight is 249 g/mol. The van der Waals surface area contributed by atoms with Crippen LogP contribution in [0.1, 0.15) is 12.8 Å². The van der Waals surface area contributed by atoms with Crippen molar-refractivity contribution >= 4 is 29.2 Å². The van der Waals surface area contributed by atoms with E-state index in [9.17, 15) is 0 Å². The second-order valence-corrected chi connectivity index (χ2v) is 3.93. The number of hydrogen-bond acceptors (Lipinski definition) is 5. The first-order valence-corrected chi connectivity index (χ1v) is 5.41. The summed E-state index contributed by atoms with van der Waals surface area (Å²) in [7, 11) is 0. The first kappa shape index (κ1) is 10.9. The maximum absolute atomic E-state index is 5.65. The molecule has 82 valence electrons. The molecule has 1 saturated heterocycles. The van der Waals surface area contributed by atoms with Crippen molar-refractivity contribution in [3.8, 4) is 0 Å². The van der Waals surface area contributed by atoms with Crippen LogP contribution in [0.25, 0.3) is 0 Å². The second kappa shape index (κ2) is 4.92. The second-order valence-electron chi connectivity index (χ2n) is 3.26. The Balaban J connectivity index is 2.02. The summed E-state index contributed by atoms with van der Waals surface area (Å²) in [6, 6.07) is 0.216. The monoisotopic (exact) mass is 248 g/mol. The Kier molecular flexibility index (Phi) is 3.56. The molecule has 1 N–H and O–H groups in total. The third-order valence-corrected chi connectivity index (χ3v) is 2.41. The van der Waals surface area contributed by atoms with Crippen LogP contribution in [0.5, 0.6) is 0 Å². The van der Waals surface area contributed by atoms with Gasteiger partial charge in [0.05, 0.1) is 12.6 Å². The van der Waals surface area contributed by atoms with Crippen LogP contribution >= 0.6 is 23.2 Å². The van der Waals surface area contributed by atoms with Crippen molar-refractivity contribution in [2.24, 2.45) is 0 Å². The topological polar surface area (TPSA) is 59.9 Å². The van der Waals surface area contributed by atoms with E-state index in [1.54, 1.807) is 0 Å². The van der Waals surface area contributed by atoms with Crippen LogP contribution in [0.4, 0.5) is 5.95 Å². The number of halogens is 2. The molecule has 0 spiro atoms. The van der Waals surface area contributed by atoms with Crippen molar-refractivity contribution in [3.05, 3.63) is 10.6 Å². The number of ether oxygens (including phenoxy) is 1. The Labute approximate surface area is 97.2 Å². The van der Waals surface area contributed by atoms with E-state index in [0.717, 1.165) is 19.4 Å². The van der Waals surface area contributed by atoms with Crippen LogP contribution in [-0.4, -0.2) is 34.2 Å². The molecular weight excluding hydrogens is 239 g/mol. The molecule has 1 atom stereocenters. The molecule has 0 bridgehead atoms. The van der Waals surface area contributed by atoms with E-state index in [1.807, 2.05) is 0 Å². The zero-order chi connectivity index (χ0) is 10.7. The van der Waals surface area contributed by atoms with Gasteiger partial charge in [0.1, 0.15) is 0 Å². The summed E-state index contributed by atoms with van der Waals surface area (Å²) in [5.41, 5.74) is 0. The third-order valence-electron chi connectivity index (χ3n) is 2.07. The van der Waals surface area contributed by atoms with E-state index < -0.39 is 0 Å². The molecule has 0 aliphatic carbocycles. The van der Waals surface area contributed by atoms with E-state index in [0.29, 0.717) is 12.6 Å². The summed E-state index contributed by atoms with van der Waals surface area (Å²) in [6.45, 7) is 1.47. The van der Waals surface area contributed by atoms with Crippen molar-refractivity contribution in [2.75, 3.05) is 18.5 Å². The highest BCUT2D eigenvalue weighted by atomic mass is 35.5. The van der Waals surface area contributed by atoms with Gasteiger partial charge in [-0.3, -0.25) is 0 Å². The van der Waals surface area contributed by atoms with Gasteiger partial charge in [-0.25, -0.2) is 0 Å². The molecule has 2 heterocycles. The molecule has 0 aromatic carbocycles. The van der Waals surface area contributed by atoms with Gasteiger partial charge in [-0.05, 0) is 36.0 Å². The quantitative estimate of drug-likeness (QED) is 0.865. The van der Waals surface area contributed by atoms with Gasteiger partial charge >= 0.3 is 0 Å². The van der Waals surface area contributed by atoms with E-state index in [1.165, 1.54) is 0 Å². The normalized spacial score (nSPS) is 21.3. The van der Waals surface area contributed by atoms with Crippen LogP contribution < -0.4 is 5.32 Å². The number of aromatic nitrogens is 3. The molecule has 1 aliphatic rings. The van der Waals surface area contributed by atoms with Crippen molar-refractivity contribution in [3.63, 3.8) is 0 Å². The average Bonchev–Trinajstić information content (AvgIpc) is 2.17. The van der Waals surface area contributed by atoms with Crippen LogP contribution in [0.15, 0.2) is 0 Å². The summed E-state index contributed by atoms with van der Waals surface area (Å²) in [4.78, 5) is 11.5. The number of anilines is 1. The van der Waals surface area contributed by atoms with Gasteiger partial charge < -0.3 is 10.1 Å². The molecule has 5 nitrogen and oxygen atoms in total. The lowest BCUT2D eigenvalue weighted by Gasteiger charge is -2.22. The van der Waals surface area contributed by atoms with Crippen LogP contribution in [0.2, 0.25) is 10.6 Å². The highest BCUT2D eigenvalue weighted by Gasteiger charge is 2.15. The summed E-state index contributed by atoms with van der Waals surface area (Å²) in [5, 5.41) is 3.29. The van der Waals surface area contributed by atoms with Gasteiger partial charge in [0.15, 0.2) is 0 Å². The van der Waals surface area contributed by atoms with Crippen molar-refractivity contribution in [2.45, 2.75) is 18.9 Å². The Bertz CT molecular complexity index is 323. The van der Waals surface area contributed by atoms with Gasteiger partial charge in [-0.1, -0.05) is 0 Å². The molecule has 1 aromatic rings. The van der Waals surface area contributed by atoms with Crippen LogP contribution in [0.3, 0.4) is 0 Å². The number of hydrogen-bond donors (Lipinski definition) is 1. The maximum Gasteiger partial charge on any atom is 0.228 e. The van der Waals surface area contributed by atoms with Crippen LogP contribution in [0, 0.1) is 0 Å². The van der Waals surface area contributed by atoms with Gasteiger partial charge in [0.25, 0.3) is 0 Å². The highest BCUT2D eigenvalue weighted by Crippen LogP contribution is 2.14. The van der Waals surface area contributed by atoms with Crippen molar-refractivity contribution in [1.29, 1.82) is 0 Å². The molecule has 7 heteroatoms. The lowest BCUT2D eigenvalue weighted by molar-refractivity contribution is 0.0874. The molecule has 1 aromatic heterocycles. The summed E-state index contributed by atoms with van der Waals surface area (Å²) in [6.07, 6.45) is 2.06. The highest BCUT2D eigenvalue weighted by molar-refractivity contribution is 6.31. The third kappa shape index (κ3) is 3.15. The minimum atomic E-state index is 0.0919. The van der Waals surface area contributed by atoms with Crippen molar-refractivity contribution in [1.82, 2.24) is 15.0 Å². The first-order chi connectivity index (χ1) is 7.24. The SMILES string of the molecule is Clc1nc(Cl)nc(NC2CCCOC2)n1. The van der Waals surface area contributed by atoms with Gasteiger partial charge in [0, 0.05) is 6.61 Å². The maximum atomic E-state index is 5.65. The zero-order valence-electron chi connectivity index (χ0n) is 7.91. The molecule has 0 radical (unpaired) electrons. The molecule has 0 amide bonds. The smallest absolute Gasteiger partial charge is 0.228 e. The summed E-state index contributed by atoms with van der Waals surface area (Å²) >= 11 is 11.3. The first-order valence-electron chi connectivity index (χ1n) is 4.65. The largest absolute Gasteiger partial charge is 0.379 e. The molecule has 2 rings (SSSR count). The molecule has 1 fully saturated rings. The van der Waals surface area contributed by atoms with E-state index >= 15 is 0 Å². The molecule has 0 saturated carbocycles. The van der Waals surface area contributed by atoms with Gasteiger partial charge in [-0.2, -0.15) is 15.0 Å². The molecular formula is C8H10Cl2N4O. The van der Waals surface area contributed by atoms with Gasteiger partial charge in [-0.15, -0.1) is 0 Å². The predicted octanol–water partition coefficient (Wildman–Crippen LogP) is 1.77. The van der Waals surface area contributed by atoms with E-state index in [-0.39, 0.29) is 16.6 Å². The predicted molar refractivity (Wildman–Crippen MR) is 57.3 cm³/mol. The summed E-state index contributed by atoms with van der Waals surface area (Å²) < 4.78 is 5.32. The Morgan fingerprint density at radius 1 is 1.20 bits per heavy atom. The standard InChI is InChI=1S/C8H10Cl2N4O/c9-6-12-7(10)14-8(13-6)11-5-2-1-3-15-4-5/h5H,1-4H2,(H,11,12,13,14). The minimum absolute atomic E-state index is 0.0919. The zero-order valence-corrected chi connectivity index (χ0v) is 9.42. The fraction of sp³-hybridized carbons (Fsp3) is 0.625. The fourth-order valence-corrected chi connectivity index (χ4v) is 1.79. The fourth-order valence-electron chi connectivity index (χ4n) is 1.43. The van der Waals surface area contributed by atoms with E-state index in [4.69, 9.17) is 27.9 Å². The molecule has 1 aliphatic heterocycles. The van der Waals surface area contributed by atoms with Gasteiger partial charge in [0.2, 0.25) is 16.5 Å². The lowest BCUT2D eigenvalue weighted by atomic mass is 10.1. The Morgan fingerprint density at radius 2 is 1.93 bits per heavy atom. The van der Waals surface area contributed by atoms with E-state index in [2.05, 4.69) is 20.3 Å². The molecule has 15 heavy (non-hydrogen) atoms. The lowest BCUT2D eigenvalue weighted by Crippen LogP contribution is -2.30. The number of nitrogens with zero attached hydrogens (tertiary/aromatic N) is 3. The number of nitrogens with one attached hydrogen (secondary N) is 1. The molecule has 1 unspecified atom stereocenters. The summed E-state index contributed by atoms with van der Waals surface area (Å²) in [5.74, 6) is 0.399. The Hall–Kier alpha value is -0.650. The minimum Gasteiger partial charge on any atom is -0.379 e. The number of rotatable bonds is 2. The van der Waals surface area contributed by atoms with Crippen molar-refractivity contribution < 1.29 is 4.74 Å². The van der Waals surface area contributed by atoms with Crippen LogP contribution in [-0.2, 0) is 4.74 Å². The Morgan fingerprint density at radius 3 is 2.53 bits per heavy atom.